The van der Waals surface area contributed by atoms with Crippen molar-refractivity contribution < 1.29 is 13.9 Å². The van der Waals surface area contributed by atoms with Crippen molar-refractivity contribution in [2.24, 2.45) is 22.4 Å². The van der Waals surface area contributed by atoms with Crippen LogP contribution >= 0.6 is 0 Å². The molecule has 1 saturated heterocycles. The normalized spacial score (nSPS) is 23.5. The first kappa shape index (κ1) is 21.6. The molecule has 0 aromatic heterocycles. The van der Waals surface area contributed by atoms with Crippen molar-refractivity contribution in [3.63, 3.8) is 0 Å². The molecule has 6 nitrogen and oxygen atoms in total. The van der Waals surface area contributed by atoms with E-state index in [0.29, 0.717) is 25.0 Å². The second-order valence-electron chi connectivity index (χ2n) is 8.04. The first-order valence-corrected chi connectivity index (χ1v) is 10.5. The van der Waals surface area contributed by atoms with Gasteiger partial charge in [-0.25, -0.2) is 4.99 Å². The molecular weight excluding hydrogens is 371 g/mol. The minimum absolute atomic E-state index is 0.252. The topological polar surface area (TPSA) is 86.1 Å². The lowest BCUT2D eigenvalue weighted by atomic mass is 9.74. The highest BCUT2D eigenvalue weighted by molar-refractivity contribution is 5.74. The van der Waals surface area contributed by atoms with E-state index in [2.05, 4.69) is 9.89 Å². The summed E-state index contributed by atoms with van der Waals surface area (Å²) in [4.78, 5) is 6.69. The third kappa shape index (κ3) is 4.90. The zero-order valence-corrected chi connectivity index (χ0v) is 17.7. The molecule has 2 aliphatic rings. The minimum atomic E-state index is -0.430. The summed E-state index contributed by atoms with van der Waals surface area (Å²) in [6.45, 7) is 9.11. The number of piperidine rings is 1. The number of likely N-dealkylation sites (tertiary alicyclic amines) is 1. The van der Waals surface area contributed by atoms with E-state index in [-0.39, 0.29) is 11.5 Å². The van der Waals surface area contributed by atoms with E-state index in [9.17, 15) is 4.39 Å². The minimum Gasteiger partial charge on any atom is -0.491 e. The molecule has 160 valence electrons. The average Bonchev–Trinajstić information content (AvgIpc) is 2.69. The number of aliphatic imine (C=N–C) groups is 1. The Morgan fingerprint density at radius 1 is 1.17 bits per heavy atom. The largest absolute Gasteiger partial charge is 0.491 e. The SMILES string of the molecule is CCOc1cc(CN2CCC(C3(N)C=NC(N)=C(C)C3)CC2)cc(OCC)c1F. The Morgan fingerprint density at radius 3 is 2.28 bits per heavy atom. The van der Waals surface area contributed by atoms with Gasteiger partial charge in [-0.05, 0) is 82.3 Å². The van der Waals surface area contributed by atoms with Gasteiger partial charge < -0.3 is 20.9 Å². The third-order valence-corrected chi connectivity index (χ3v) is 5.87. The maximum Gasteiger partial charge on any atom is 0.206 e. The van der Waals surface area contributed by atoms with E-state index >= 15 is 0 Å². The Morgan fingerprint density at radius 2 is 1.76 bits per heavy atom. The zero-order chi connectivity index (χ0) is 21.0. The van der Waals surface area contributed by atoms with Gasteiger partial charge in [-0.3, -0.25) is 4.90 Å². The van der Waals surface area contributed by atoms with E-state index in [0.717, 1.165) is 50.0 Å². The lowest BCUT2D eigenvalue weighted by Gasteiger charge is -2.42. The molecule has 3 rings (SSSR count). The van der Waals surface area contributed by atoms with Gasteiger partial charge in [0, 0.05) is 12.8 Å². The standard InChI is InChI=1S/C22H33FN4O2/c1-4-28-18-10-16(11-19(20(18)23)29-5-2)13-27-8-6-17(7-9-27)22(25)12-15(3)21(24)26-14-22/h10-11,14,17H,4-9,12-13,24-25H2,1-3H3. The van der Waals surface area contributed by atoms with Crippen LogP contribution in [0.15, 0.2) is 28.5 Å². The number of benzene rings is 1. The Balaban J connectivity index is 1.64. The fourth-order valence-electron chi connectivity index (χ4n) is 4.27. The Hall–Kier alpha value is -2.12. The van der Waals surface area contributed by atoms with Gasteiger partial charge in [0.1, 0.15) is 5.82 Å². The Kier molecular flexibility index (Phi) is 6.80. The highest BCUT2D eigenvalue weighted by Gasteiger charge is 2.37. The number of nitrogens with zero attached hydrogens (tertiary/aromatic N) is 2. The molecule has 4 N–H and O–H groups in total. The van der Waals surface area contributed by atoms with Gasteiger partial charge >= 0.3 is 0 Å². The van der Waals surface area contributed by atoms with Crippen LogP contribution in [0.4, 0.5) is 4.39 Å². The van der Waals surface area contributed by atoms with Gasteiger partial charge in [0.15, 0.2) is 11.5 Å². The molecule has 29 heavy (non-hydrogen) atoms. The van der Waals surface area contributed by atoms with Crippen molar-refractivity contribution in [1.82, 2.24) is 4.90 Å². The van der Waals surface area contributed by atoms with Crippen molar-refractivity contribution in [2.75, 3.05) is 26.3 Å². The Bertz CT molecular complexity index is 760. The maximum absolute atomic E-state index is 14.5. The first-order chi connectivity index (χ1) is 13.9. The smallest absolute Gasteiger partial charge is 0.206 e. The second-order valence-corrected chi connectivity index (χ2v) is 8.04. The molecule has 0 aliphatic carbocycles. The second kappa shape index (κ2) is 9.13. The molecule has 1 unspecified atom stereocenters. The highest BCUT2D eigenvalue weighted by Crippen LogP contribution is 2.34. The summed E-state index contributed by atoms with van der Waals surface area (Å²) in [6.07, 6.45) is 4.60. The molecule has 0 saturated carbocycles. The number of hydrogen-bond acceptors (Lipinski definition) is 6. The van der Waals surface area contributed by atoms with Crippen LogP contribution in [0.2, 0.25) is 0 Å². The number of nitrogens with two attached hydrogens (primary N) is 2. The lowest BCUT2D eigenvalue weighted by Crippen LogP contribution is -2.53. The molecular formula is C22H33FN4O2. The van der Waals surface area contributed by atoms with Gasteiger partial charge in [-0.2, -0.15) is 4.39 Å². The van der Waals surface area contributed by atoms with Crippen LogP contribution in [0.25, 0.3) is 0 Å². The summed E-state index contributed by atoms with van der Waals surface area (Å²) >= 11 is 0. The van der Waals surface area contributed by atoms with Crippen LogP contribution in [0, 0.1) is 11.7 Å². The molecule has 2 aliphatic heterocycles. The molecule has 2 heterocycles. The van der Waals surface area contributed by atoms with Crippen molar-refractivity contribution in [1.29, 1.82) is 0 Å². The molecule has 1 atom stereocenters. The van der Waals surface area contributed by atoms with E-state index in [1.165, 1.54) is 0 Å². The summed E-state index contributed by atoms with van der Waals surface area (Å²) in [5, 5.41) is 0. The van der Waals surface area contributed by atoms with Crippen LogP contribution in [0.3, 0.4) is 0 Å². The lowest BCUT2D eigenvalue weighted by molar-refractivity contribution is 0.148. The molecule has 7 heteroatoms. The molecule has 0 bridgehead atoms. The fourth-order valence-corrected chi connectivity index (χ4v) is 4.27. The third-order valence-electron chi connectivity index (χ3n) is 5.87. The quantitative estimate of drug-likeness (QED) is 0.729. The van der Waals surface area contributed by atoms with Crippen LogP contribution < -0.4 is 20.9 Å². The van der Waals surface area contributed by atoms with Crippen LogP contribution in [-0.4, -0.2) is 43.0 Å². The predicted octanol–water partition coefficient (Wildman–Crippen LogP) is 3.20. The van der Waals surface area contributed by atoms with Crippen LogP contribution in [0.5, 0.6) is 11.5 Å². The van der Waals surface area contributed by atoms with Crippen LogP contribution in [0.1, 0.15) is 45.6 Å². The van der Waals surface area contributed by atoms with E-state index in [1.54, 1.807) is 12.1 Å². The molecule has 0 amide bonds. The predicted molar refractivity (Wildman–Crippen MR) is 114 cm³/mol. The fraction of sp³-hybridized carbons (Fsp3) is 0.591. The van der Waals surface area contributed by atoms with Gasteiger partial charge in [0.05, 0.1) is 18.8 Å². The van der Waals surface area contributed by atoms with Gasteiger partial charge in [-0.1, -0.05) is 0 Å². The van der Waals surface area contributed by atoms with Gasteiger partial charge in [-0.15, -0.1) is 0 Å². The number of rotatable bonds is 7. The van der Waals surface area contributed by atoms with Crippen molar-refractivity contribution in [2.45, 2.75) is 52.1 Å². The average molecular weight is 405 g/mol. The molecule has 0 radical (unpaired) electrons. The van der Waals surface area contributed by atoms with Crippen molar-refractivity contribution in [3.8, 4) is 11.5 Å². The van der Waals surface area contributed by atoms with Crippen LogP contribution in [-0.2, 0) is 6.54 Å². The monoisotopic (exact) mass is 404 g/mol. The van der Waals surface area contributed by atoms with E-state index in [4.69, 9.17) is 20.9 Å². The molecule has 1 aromatic rings. The maximum atomic E-state index is 14.5. The van der Waals surface area contributed by atoms with E-state index < -0.39 is 11.4 Å². The molecule has 1 aromatic carbocycles. The summed E-state index contributed by atoms with van der Waals surface area (Å²) in [5.74, 6) is 1.04. The summed E-state index contributed by atoms with van der Waals surface area (Å²) in [5.41, 5.74) is 14.2. The van der Waals surface area contributed by atoms with Crippen molar-refractivity contribution in [3.05, 3.63) is 34.9 Å². The number of ether oxygens (including phenoxy) is 2. The summed E-state index contributed by atoms with van der Waals surface area (Å²) in [6, 6.07) is 3.56. The van der Waals surface area contributed by atoms with E-state index in [1.807, 2.05) is 27.0 Å². The zero-order valence-electron chi connectivity index (χ0n) is 17.7. The molecule has 1 fully saturated rings. The van der Waals surface area contributed by atoms with Gasteiger partial charge in [0.25, 0.3) is 0 Å². The highest BCUT2D eigenvalue weighted by atomic mass is 19.1. The summed E-state index contributed by atoms with van der Waals surface area (Å²) in [7, 11) is 0. The number of halogens is 1. The molecule has 0 spiro atoms. The van der Waals surface area contributed by atoms with Crippen molar-refractivity contribution >= 4 is 6.21 Å². The number of hydrogen-bond donors (Lipinski definition) is 2. The summed E-state index contributed by atoms with van der Waals surface area (Å²) < 4.78 is 25.4. The first-order valence-electron chi connectivity index (χ1n) is 10.5. The Labute approximate surface area is 172 Å². The van der Waals surface area contributed by atoms with Gasteiger partial charge in [0.2, 0.25) is 5.82 Å².